The van der Waals surface area contributed by atoms with E-state index in [9.17, 15) is 9.90 Å². The number of unbranched alkanes of at least 4 members (excludes halogenated alkanes) is 3. The molecule has 1 aliphatic rings. The number of hydrogen-bond donors (Lipinski definition) is 1. The second-order valence-corrected chi connectivity index (χ2v) is 6.95. The minimum atomic E-state index is -0.388. The van der Waals surface area contributed by atoms with Crippen LogP contribution in [0.3, 0.4) is 0 Å². The first-order valence-corrected chi connectivity index (χ1v) is 9.62. The smallest absolute Gasteiger partial charge is 0.156 e. The molecule has 2 rings (SSSR count). The Bertz CT molecular complexity index is 601. The van der Waals surface area contributed by atoms with E-state index in [1.807, 2.05) is 12.1 Å². The van der Waals surface area contributed by atoms with Crippen molar-refractivity contribution in [3.05, 3.63) is 60.5 Å². The molecule has 0 saturated heterocycles. The summed E-state index contributed by atoms with van der Waals surface area (Å²) in [5.41, 5.74) is 3.21. The van der Waals surface area contributed by atoms with Gasteiger partial charge in [-0.3, -0.25) is 4.79 Å². The first-order valence-electron chi connectivity index (χ1n) is 9.62. The van der Waals surface area contributed by atoms with Crippen LogP contribution >= 0.6 is 0 Å². The van der Waals surface area contributed by atoms with E-state index in [1.165, 1.54) is 6.42 Å². The Labute approximate surface area is 184 Å². The van der Waals surface area contributed by atoms with Crippen LogP contribution in [-0.2, 0) is 37.5 Å². The van der Waals surface area contributed by atoms with E-state index in [1.54, 1.807) is 6.08 Å². The van der Waals surface area contributed by atoms with Crippen LogP contribution in [0.4, 0.5) is 0 Å². The molecule has 0 heterocycles. The van der Waals surface area contributed by atoms with Gasteiger partial charge in [0.15, 0.2) is 5.78 Å². The zero-order chi connectivity index (χ0) is 18.1. The largest absolute Gasteiger partial charge is 0.388 e. The molecule has 0 aliphatic heterocycles. The second kappa shape index (κ2) is 12.8. The van der Waals surface area contributed by atoms with Gasteiger partial charge in [-0.1, -0.05) is 69.0 Å². The molecule has 3 heteroatoms. The summed E-state index contributed by atoms with van der Waals surface area (Å²) in [6.45, 7) is 6.01. The van der Waals surface area contributed by atoms with E-state index in [-0.39, 0.29) is 50.5 Å². The van der Waals surface area contributed by atoms with Crippen LogP contribution < -0.4 is 0 Å². The Morgan fingerprint density at radius 2 is 1.96 bits per heavy atom. The fraction of sp³-hybridized carbons (Fsp3) is 0.478. The maximum absolute atomic E-state index is 11.9. The topological polar surface area (TPSA) is 37.3 Å². The predicted octanol–water partition coefficient (Wildman–Crippen LogP) is 5.83. The number of carbonyl (C=O) groups excluding carboxylic acids is 1. The summed E-state index contributed by atoms with van der Waals surface area (Å²) in [7, 11) is 0. The molecule has 139 valence electrons. The Balaban J connectivity index is 0.00000338. The molecule has 0 fully saturated rings. The van der Waals surface area contributed by atoms with Gasteiger partial charge in [-0.05, 0) is 41.5 Å². The van der Waals surface area contributed by atoms with E-state index >= 15 is 0 Å². The minimum absolute atomic E-state index is 0. The van der Waals surface area contributed by atoms with E-state index in [0.717, 1.165) is 55.2 Å². The molecule has 1 radical (unpaired) electrons. The number of aliphatic hydroxyl groups excluding tert-OH is 1. The van der Waals surface area contributed by atoms with Gasteiger partial charge >= 0.3 is 0 Å². The number of allylic oxidation sites excluding steroid dienone is 4. The average Bonchev–Trinajstić information content (AvgIpc) is 2.99. The number of aliphatic hydroxyl groups is 1. The minimum Gasteiger partial charge on any atom is -0.388 e. The van der Waals surface area contributed by atoms with Crippen LogP contribution in [0, 0.1) is 12.8 Å². The van der Waals surface area contributed by atoms with Gasteiger partial charge < -0.3 is 12.0 Å². The second-order valence-electron chi connectivity index (χ2n) is 6.95. The third-order valence-corrected chi connectivity index (χ3v) is 4.87. The fourth-order valence-corrected chi connectivity index (χ4v) is 3.38. The first kappa shape index (κ1) is 23.5. The summed E-state index contributed by atoms with van der Waals surface area (Å²) in [6.07, 6.45) is 13.3. The van der Waals surface area contributed by atoms with Gasteiger partial charge in [0.1, 0.15) is 0 Å². The van der Waals surface area contributed by atoms with Crippen molar-refractivity contribution in [1.82, 2.24) is 0 Å². The molecule has 1 aliphatic carbocycles. The van der Waals surface area contributed by atoms with Gasteiger partial charge in [0.25, 0.3) is 0 Å². The first-order chi connectivity index (χ1) is 12.2. The number of hydrogen-bond acceptors (Lipinski definition) is 2. The number of ketones is 1. The standard InChI is InChI=1S/C23H31O2.Y/c1-3-5-7-9-10-20-16-21(24)17-22(20)18-12-14-19(15-13-18)23(25)11-8-6-4-2;/h7,9,12-15,17,20,23,25H,1,3-6,8,10-11,16H2,2H3;/q-1;/b9-7-;/t20-,23?;/m0./s1. The third-order valence-electron chi connectivity index (χ3n) is 4.87. The molecule has 1 unspecified atom stereocenters. The van der Waals surface area contributed by atoms with Crippen molar-refractivity contribution >= 4 is 11.4 Å². The fourth-order valence-electron chi connectivity index (χ4n) is 3.38. The Hall–Kier alpha value is -0.566. The van der Waals surface area contributed by atoms with Crippen molar-refractivity contribution in [3.63, 3.8) is 0 Å². The molecule has 0 aromatic heterocycles. The van der Waals surface area contributed by atoms with Crippen LogP contribution in [0.5, 0.6) is 0 Å². The predicted molar refractivity (Wildman–Crippen MR) is 105 cm³/mol. The molecule has 1 N–H and O–H groups in total. The van der Waals surface area contributed by atoms with Crippen LogP contribution in [-0.4, -0.2) is 10.9 Å². The van der Waals surface area contributed by atoms with E-state index in [2.05, 4.69) is 38.1 Å². The number of benzene rings is 1. The maximum atomic E-state index is 11.9. The van der Waals surface area contributed by atoms with E-state index in [4.69, 9.17) is 0 Å². The maximum Gasteiger partial charge on any atom is 0.156 e. The zero-order valence-corrected chi connectivity index (χ0v) is 18.8. The molecule has 0 spiro atoms. The van der Waals surface area contributed by atoms with Crippen molar-refractivity contribution in [1.29, 1.82) is 0 Å². The molecule has 26 heavy (non-hydrogen) atoms. The van der Waals surface area contributed by atoms with Gasteiger partial charge in [-0.25, -0.2) is 0 Å². The SMILES string of the molecule is [CH2-]CC/C=C\C[C@H]1CC(=O)C=C1c1ccc(C(O)CCCCC)cc1.[Y]. The molecular formula is C23H31O2Y-. The summed E-state index contributed by atoms with van der Waals surface area (Å²) in [5.74, 6) is 0.489. The molecule has 2 atom stereocenters. The van der Waals surface area contributed by atoms with Gasteiger partial charge in [0, 0.05) is 39.1 Å². The summed E-state index contributed by atoms with van der Waals surface area (Å²) in [6, 6.07) is 8.11. The molecule has 0 saturated carbocycles. The third kappa shape index (κ3) is 7.21. The number of rotatable bonds is 10. The van der Waals surface area contributed by atoms with Gasteiger partial charge in [-0.2, -0.15) is 6.42 Å². The zero-order valence-electron chi connectivity index (χ0n) is 16.0. The molecule has 0 amide bonds. The van der Waals surface area contributed by atoms with E-state index in [0.29, 0.717) is 6.42 Å². The Morgan fingerprint density at radius 1 is 1.23 bits per heavy atom. The Kier molecular flexibility index (Phi) is 11.5. The summed E-state index contributed by atoms with van der Waals surface area (Å²) >= 11 is 0. The average molecular weight is 428 g/mol. The molecular weight excluding hydrogens is 397 g/mol. The van der Waals surface area contributed by atoms with Gasteiger partial charge in [0.2, 0.25) is 0 Å². The van der Waals surface area contributed by atoms with Crippen LogP contribution in [0.15, 0.2) is 42.5 Å². The molecule has 1 aromatic carbocycles. The van der Waals surface area contributed by atoms with Gasteiger partial charge in [-0.15, -0.1) is 0 Å². The summed E-state index contributed by atoms with van der Waals surface area (Å²) in [4.78, 5) is 11.9. The molecule has 0 bridgehead atoms. The van der Waals surface area contributed by atoms with Crippen molar-refractivity contribution < 1.29 is 42.6 Å². The summed E-state index contributed by atoms with van der Waals surface area (Å²) in [5, 5.41) is 10.3. The van der Waals surface area contributed by atoms with Crippen LogP contribution in [0.2, 0.25) is 0 Å². The molecule has 2 nitrogen and oxygen atoms in total. The summed E-state index contributed by atoms with van der Waals surface area (Å²) < 4.78 is 0. The van der Waals surface area contributed by atoms with Crippen molar-refractivity contribution in [2.24, 2.45) is 5.92 Å². The Morgan fingerprint density at radius 3 is 2.62 bits per heavy atom. The van der Waals surface area contributed by atoms with Crippen LogP contribution in [0.25, 0.3) is 5.57 Å². The van der Waals surface area contributed by atoms with Gasteiger partial charge in [0.05, 0.1) is 6.10 Å². The van der Waals surface area contributed by atoms with Crippen molar-refractivity contribution in [2.75, 3.05) is 0 Å². The molecule has 1 aromatic rings. The normalized spacial score (nSPS) is 18.0. The number of carbonyl (C=O) groups is 1. The quantitative estimate of drug-likeness (QED) is 0.289. The monoisotopic (exact) mass is 428 g/mol. The van der Waals surface area contributed by atoms with Crippen molar-refractivity contribution in [2.45, 2.75) is 64.4 Å². The van der Waals surface area contributed by atoms with Crippen LogP contribution in [0.1, 0.15) is 75.5 Å². The van der Waals surface area contributed by atoms with E-state index < -0.39 is 0 Å². The van der Waals surface area contributed by atoms with Crippen molar-refractivity contribution in [3.8, 4) is 0 Å².